The van der Waals surface area contributed by atoms with Crippen molar-refractivity contribution >= 4 is 11.6 Å². The fraction of sp³-hybridized carbons (Fsp3) is 0.300. The van der Waals surface area contributed by atoms with Gasteiger partial charge in [0.05, 0.1) is 18.7 Å². The van der Waals surface area contributed by atoms with Gasteiger partial charge in [-0.1, -0.05) is 41.4 Å². The molecular weight excluding hydrogens is 334 g/mol. The zero-order chi connectivity index (χ0) is 17.4. The van der Waals surface area contributed by atoms with Crippen LogP contribution in [0.3, 0.4) is 0 Å². The van der Waals surface area contributed by atoms with E-state index in [1.54, 1.807) is 7.11 Å². The quantitative estimate of drug-likeness (QED) is 0.638. The second-order valence-corrected chi connectivity index (χ2v) is 6.94. The molecule has 3 aromatic rings. The van der Waals surface area contributed by atoms with Crippen LogP contribution in [-0.2, 0) is 0 Å². The molecule has 25 heavy (non-hydrogen) atoms. The SMILES string of the molecule is COc1cc(Cl)ccc1-c1nc(-c2ccc(C)cc2)nn1C1CCC1. The first-order chi connectivity index (χ1) is 12.2. The summed E-state index contributed by atoms with van der Waals surface area (Å²) < 4.78 is 7.59. The minimum Gasteiger partial charge on any atom is -0.496 e. The van der Waals surface area contributed by atoms with Gasteiger partial charge in [-0.2, -0.15) is 5.10 Å². The second-order valence-electron chi connectivity index (χ2n) is 6.50. The van der Waals surface area contributed by atoms with Gasteiger partial charge in [0.15, 0.2) is 11.6 Å². The molecule has 4 rings (SSSR count). The fourth-order valence-corrected chi connectivity index (χ4v) is 3.23. The number of hydrogen-bond acceptors (Lipinski definition) is 3. The molecule has 0 radical (unpaired) electrons. The van der Waals surface area contributed by atoms with Gasteiger partial charge in [-0.25, -0.2) is 9.67 Å². The van der Waals surface area contributed by atoms with Crippen molar-refractivity contribution in [3.8, 4) is 28.5 Å². The van der Waals surface area contributed by atoms with E-state index in [1.165, 1.54) is 12.0 Å². The minimum atomic E-state index is 0.405. The van der Waals surface area contributed by atoms with Crippen LogP contribution >= 0.6 is 11.6 Å². The van der Waals surface area contributed by atoms with Crippen LogP contribution in [0, 0.1) is 6.92 Å². The van der Waals surface area contributed by atoms with Crippen LogP contribution in [0.15, 0.2) is 42.5 Å². The minimum absolute atomic E-state index is 0.405. The van der Waals surface area contributed by atoms with Gasteiger partial charge in [0.2, 0.25) is 0 Å². The van der Waals surface area contributed by atoms with Crippen molar-refractivity contribution < 1.29 is 4.74 Å². The highest BCUT2D eigenvalue weighted by Gasteiger charge is 2.26. The van der Waals surface area contributed by atoms with E-state index in [4.69, 9.17) is 26.4 Å². The number of methoxy groups -OCH3 is 1. The zero-order valence-electron chi connectivity index (χ0n) is 14.4. The fourth-order valence-electron chi connectivity index (χ4n) is 3.07. The topological polar surface area (TPSA) is 39.9 Å². The normalized spacial score (nSPS) is 14.4. The highest BCUT2D eigenvalue weighted by molar-refractivity contribution is 6.30. The average Bonchev–Trinajstić information content (AvgIpc) is 2.98. The Labute approximate surface area is 152 Å². The maximum absolute atomic E-state index is 6.12. The van der Waals surface area contributed by atoms with E-state index in [2.05, 4.69) is 35.9 Å². The molecule has 1 fully saturated rings. The van der Waals surface area contributed by atoms with Crippen molar-refractivity contribution in [3.63, 3.8) is 0 Å². The predicted octanol–water partition coefficient (Wildman–Crippen LogP) is 5.31. The van der Waals surface area contributed by atoms with Crippen LogP contribution in [0.1, 0.15) is 30.9 Å². The molecule has 128 valence electrons. The summed E-state index contributed by atoms with van der Waals surface area (Å²) in [5.41, 5.74) is 3.17. The van der Waals surface area contributed by atoms with E-state index in [0.717, 1.165) is 41.4 Å². The molecule has 4 nitrogen and oxygen atoms in total. The van der Waals surface area contributed by atoms with E-state index in [-0.39, 0.29) is 0 Å². The number of benzene rings is 2. The molecule has 0 N–H and O–H groups in total. The first kappa shape index (κ1) is 16.2. The van der Waals surface area contributed by atoms with Gasteiger partial charge in [-0.3, -0.25) is 0 Å². The number of nitrogens with zero attached hydrogens (tertiary/aromatic N) is 3. The maximum Gasteiger partial charge on any atom is 0.181 e. The molecule has 0 atom stereocenters. The molecule has 0 spiro atoms. The second kappa shape index (κ2) is 6.52. The van der Waals surface area contributed by atoms with Gasteiger partial charge in [0.25, 0.3) is 0 Å². The smallest absolute Gasteiger partial charge is 0.181 e. The first-order valence-electron chi connectivity index (χ1n) is 8.53. The van der Waals surface area contributed by atoms with E-state index in [9.17, 15) is 0 Å². The van der Waals surface area contributed by atoms with Crippen LogP contribution < -0.4 is 4.74 Å². The number of ether oxygens (including phenoxy) is 1. The zero-order valence-corrected chi connectivity index (χ0v) is 15.1. The predicted molar refractivity (Wildman–Crippen MR) is 100 cm³/mol. The Morgan fingerprint density at radius 2 is 1.88 bits per heavy atom. The third-order valence-electron chi connectivity index (χ3n) is 4.77. The molecule has 0 unspecified atom stereocenters. The summed E-state index contributed by atoms with van der Waals surface area (Å²) in [4.78, 5) is 4.85. The lowest BCUT2D eigenvalue weighted by Crippen LogP contribution is -2.19. The molecule has 1 aliphatic carbocycles. The van der Waals surface area contributed by atoms with Crippen molar-refractivity contribution in [3.05, 3.63) is 53.1 Å². The summed E-state index contributed by atoms with van der Waals surface area (Å²) in [6.07, 6.45) is 3.51. The van der Waals surface area contributed by atoms with Gasteiger partial charge in [0.1, 0.15) is 5.75 Å². The number of halogens is 1. The van der Waals surface area contributed by atoms with Crippen LogP contribution in [0.2, 0.25) is 5.02 Å². The van der Waals surface area contributed by atoms with Crippen molar-refractivity contribution in [2.24, 2.45) is 0 Å². The van der Waals surface area contributed by atoms with Crippen LogP contribution in [0.4, 0.5) is 0 Å². The van der Waals surface area contributed by atoms with Crippen molar-refractivity contribution in [1.82, 2.24) is 14.8 Å². The van der Waals surface area contributed by atoms with Crippen LogP contribution in [-0.4, -0.2) is 21.9 Å². The molecule has 1 heterocycles. The molecule has 0 amide bonds. The Morgan fingerprint density at radius 3 is 2.52 bits per heavy atom. The summed E-state index contributed by atoms with van der Waals surface area (Å²) in [5, 5.41) is 5.47. The molecule has 0 aliphatic heterocycles. The Morgan fingerprint density at radius 1 is 1.12 bits per heavy atom. The molecule has 0 saturated heterocycles. The van der Waals surface area contributed by atoms with E-state index in [0.29, 0.717) is 11.1 Å². The van der Waals surface area contributed by atoms with E-state index >= 15 is 0 Å². The third-order valence-corrected chi connectivity index (χ3v) is 5.00. The molecule has 1 aromatic heterocycles. The van der Waals surface area contributed by atoms with Crippen molar-refractivity contribution in [2.75, 3.05) is 7.11 Å². The summed E-state index contributed by atoms with van der Waals surface area (Å²) in [7, 11) is 1.65. The monoisotopic (exact) mass is 353 g/mol. The standard InChI is InChI=1S/C20H20ClN3O/c1-13-6-8-14(9-7-13)19-22-20(24(23-19)16-4-3-5-16)17-11-10-15(21)12-18(17)25-2/h6-12,16H,3-5H2,1-2H3. The highest BCUT2D eigenvalue weighted by atomic mass is 35.5. The number of aryl methyl sites for hydroxylation is 1. The lowest BCUT2D eigenvalue weighted by molar-refractivity contribution is 0.292. The molecule has 0 bridgehead atoms. The van der Waals surface area contributed by atoms with Crippen LogP contribution in [0.5, 0.6) is 5.75 Å². The highest BCUT2D eigenvalue weighted by Crippen LogP contribution is 2.38. The summed E-state index contributed by atoms with van der Waals surface area (Å²) in [6, 6.07) is 14.4. The van der Waals surface area contributed by atoms with Gasteiger partial charge < -0.3 is 4.74 Å². The largest absolute Gasteiger partial charge is 0.496 e. The van der Waals surface area contributed by atoms with Crippen molar-refractivity contribution in [2.45, 2.75) is 32.2 Å². The molecule has 2 aromatic carbocycles. The Bertz CT molecular complexity index is 898. The summed E-state index contributed by atoms with van der Waals surface area (Å²) in [6.45, 7) is 2.08. The first-order valence-corrected chi connectivity index (χ1v) is 8.91. The molecule has 1 saturated carbocycles. The van der Waals surface area contributed by atoms with Crippen LogP contribution in [0.25, 0.3) is 22.8 Å². The summed E-state index contributed by atoms with van der Waals surface area (Å²) >= 11 is 6.12. The number of hydrogen-bond donors (Lipinski definition) is 0. The summed E-state index contributed by atoms with van der Waals surface area (Å²) in [5.74, 6) is 2.31. The number of aromatic nitrogens is 3. The Hall–Kier alpha value is -2.33. The van der Waals surface area contributed by atoms with Crippen molar-refractivity contribution in [1.29, 1.82) is 0 Å². The lowest BCUT2D eigenvalue weighted by atomic mass is 9.93. The van der Waals surface area contributed by atoms with Gasteiger partial charge in [0, 0.05) is 10.6 Å². The van der Waals surface area contributed by atoms with Gasteiger partial charge in [-0.15, -0.1) is 0 Å². The molecule has 1 aliphatic rings. The average molecular weight is 354 g/mol. The Kier molecular flexibility index (Phi) is 4.22. The number of rotatable bonds is 4. The maximum atomic E-state index is 6.12. The third kappa shape index (κ3) is 3.02. The van der Waals surface area contributed by atoms with Gasteiger partial charge in [-0.05, 0) is 44.4 Å². The molecule has 5 heteroatoms. The molecular formula is C20H20ClN3O. The lowest BCUT2D eigenvalue weighted by Gasteiger charge is -2.27. The van der Waals surface area contributed by atoms with E-state index in [1.807, 2.05) is 18.2 Å². The van der Waals surface area contributed by atoms with E-state index < -0.39 is 0 Å². The Balaban J connectivity index is 1.85. The van der Waals surface area contributed by atoms with Gasteiger partial charge >= 0.3 is 0 Å².